The van der Waals surface area contributed by atoms with E-state index in [0.717, 1.165) is 18.4 Å². The maximum absolute atomic E-state index is 12.8. The van der Waals surface area contributed by atoms with Gasteiger partial charge in [-0.2, -0.15) is 0 Å². The lowest BCUT2D eigenvalue weighted by atomic mass is 10.1. The smallest absolute Gasteiger partial charge is 0.123 e. The molecule has 1 unspecified atom stereocenters. The highest BCUT2D eigenvalue weighted by atomic mass is 19.1. The second kappa shape index (κ2) is 5.61. The highest BCUT2D eigenvalue weighted by Gasteiger charge is 2.25. The minimum Gasteiger partial charge on any atom is -0.379 e. The van der Waals surface area contributed by atoms with Gasteiger partial charge < -0.3 is 5.11 Å². The lowest BCUT2D eigenvalue weighted by molar-refractivity contribution is -0.0165. The summed E-state index contributed by atoms with van der Waals surface area (Å²) >= 11 is 0. The van der Waals surface area contributed by atoms with Crippen LogP contribution in [-0.4, -0.2) is 22.3 Å². The van der Waals surface area contributed by atoms with Gasteiger partial charge in [-0.1, -0.05) is 25.0 Å². The molecule has 0 saturated heterocycles. The van der Waals surface area contributed by atoms with E-state index in [0.29, 0.717) is 12.6 Å². The Kier molecular flexibility index (Phi) is 4.13. The van der Waals surface area contributed by atoms with Crippen LogP contribution in [0.15, 0.2) is 24.3 Å². The number of nitrogens with zero attached hydrogens (tertiary/aromatic N) is 1. The van der Waals surface area contributed by atoms with Crippen LogP contribution in [0.2, 0.25) is 0 Å². The quantitative estimate of drug-likeness (QED) is 0.814. The number of rotatable bonds is 4. The summed E-state index contributed by atoms with van der Waals surface area (Å²) in [5.41, 5.74) is 1.05. The van der Waals surface area contributed by atoms with Crippen LogP contribution in [-0.2, 0) is 6.54 Å². The number of hydrogen-bond donors (Lipinski definition) is 1. The minimum atomic E-state index is -0.442. The summed E-state index contributed by atoms with van der Waals surface area (Å²) in [6.45, 7) is 2.50. The van der Waals surface area contributed by atoms with Gasteiger partial charge in [0.2, 0.25) is 0 Å². The van der Waals surface area contributed by atoms with Crippen molar-refractivity contribution in [3.8, 4) is 0 Å². The van der Waals surface area contributed by atoms with Crippen molar-refractivity contribution in [2.24, 2.45) is 0 Å². The van der Waals surface area contributed by atoms with E-state index in [-0.39, 0.29) is 5.82 Å². The van der Waals surface area contributed by atoms with E-state index in [9.17, 15) is 9.50 Å². The standard InChI is InChI=1S/C14H20FNO/c1-11(17)16(14-4-2-3-5-14)10-12-6-8-13(15)9-7-12/h6-9,11,14,17H,2-5,10H2,1H3. The molecule has 0 aromatic heterocycles. The summed E-state index contributed by atoms with van der Waals surface area (Å²) < 4.78 is 12.8. The topological polar surface area (TPSA) is 23.5 Å². The van der Waals surface area contributed by atoms with Gasteiger partial charge in [-0.25, -0.2) is 4.39 Å². The molecule has 0 radical (unpaired) electrons. The average molecular weight is 237 g/mol. The summed E-state index contributed by atoms with van der Waals surface area (Å²) in [7, 11) is 0. The van der Waals surface area contributed by atoms with Gasteiger partial charge in [-0.3, -0.25) is 4.90 Å². The molecule has 1 saturated carbocycles. The number of benzene rings is 1. The Bertz CT molecular complexity index is 344. The van der Waals surface area contributed by atoms with Crippen molar-refractivity contribution in [2.45, 2.75) is 51.4 Å². The Morgan fingerprint density at radius 3 is 2.41 bits per heavy atom. The van der Waals surface area contributed by atoms with E-state index in [4.69, 9.17) is 0 Å². The van der Waals surface area contributed by atoms with Crippen molar-refractivity contribution in [3.05, 3.63) is 35.6 Å². The summed E-state index contributed by atoms with van der Waals surface area (Å²) in [6.07, 6.45) is 4.37. The van der Waals surface area contributed by atoms with Gasteiger partial charge in [-0.05, 0) is 37.5 Å². The lowest BCUT2D eigenvalue weighted by Gasteiger charge is -2.31. The highest BCUT2D eigenvalue weighted by molar-refractivity contribution is 5.16. The molecule has 1 aromatic rings. The Balaban J connectivity index is 2.04. The van der Waals surface area contributed by atoms with Gasteiger partial charge in [0, 0.05) is 12.6 Å². The first kappa shape index (κ1) is 12.5. The summed E-state index contributed by atoms with van der Waals surface area (Å²) in [6, 6.07) is 7.01. The molecule has 2 nitrogen and oxygen atoms in total. The highest BCUT2D eigenvalue weighted by Crippen LogP contribution is 2.26. The van der Waals surface area contributed by atoms with E-state index in [1.807, 2.05) is 6.92 Å². The van der Waals surface area contributed by atoms with Crippen LogP contribution in [0.3, 0.4) is 0 Å². The van der Waals surface area contributed by atoms with E-state index in [1.54, 1.807) is 12.1 Å². The van der Waals surface area contributed by atoms with Crippen molar-refractivity contribution in [1.29, 1.82) is 0 Å². The molecular formula is C14H20FNO. The number of hydrogen-bond acceptors (Lipinski definition) is 2. The largest absolute Gasteiger partial charge is 0.379 e. The maximum atomic E-state index is 12.8. The summed E-state index contributed by atoms with van der Waals surface area (Å²) in [4.78, 5) is 2.11. The first-order chi connectivity index (χ1) is 8.16. The fourth-order valence-corrected chi connectivity index (χ4v) is 2.60. The predicted octanol–water partition coefficient (Wildman–Crippen LogP) is 2.91. The van der Waals surface area contributed by atoms with Gasteiger partial charge >= 0.3 is 0 Å². The predicted molar refractivity (Wildman–Crippen MR) is 65.9 cm³/mol. The van der Waals surface area contributed by atoms with Gasteiger partial charge in [-0.15, -0.1) is 0 Å². The molecule has 0 amide bonds. The van der Waals surface area contributed by atoms with E-state index >= 15 is 0 Å². The Morgan fingerprint density at radius 1 is 1.29 bits per heavy atom. The molecule has 1 N–H and O–H groups in total. The van der Waals surface area contributed by atoms with Crippen molar-refractivity contribution in [2.75, 3.05) is 0 Å². The van der Waals surface area contributed by atoms with Gasteiger partial charge in [0.15, 0.2) is 0 Å². The van der Waals surface area contributed by atoms with Crippen molar-refractivity contribution >= 4 is 0 Å². The van der Waals surface area contributed by atoms with Crippen LogP contribution in [0.5, 0.6) is 0 Å². The first-order valence-corrected chi connectivity index (χ1v) is 6.35. The zero-order valence-electron chi connectivity index (χ0n) is 10.3. The summed E-state index contributed by atoms with van der Waals surface area (Å²) in [5, 5.41) is 9.84. The second-order valence-electron chi connectivity index (χ2n) is 4.87. The molecule has 94 valence electrons. The molecule has 1 aliphatic rings. The molecule has 1 atom stereocenters. The van der Waals surface area contributed by atoms with Gasteiger partial charge in [0.05, 0.1) is 0 Å². The fourth-order valence-electron chi connectivity index (χ4n) is 2.60. The minimum absolute atomic E-state index is 0.210. The molecule has 0 aliphatic heterocycles. The molecule has 17 heavy (non-hydrogen) atoms. The van der Waals surface area contributed by atoms with Gasteiger partial charge in [0.1, 0.15) is 12.0 Å². The molecule has 1 aliphatic carbocycles. The van der Waals surface area contributed by atoms with Crippen LogP contribution < -0.4 is 0 Å². The molecule has 3 heteroatoms. The van der Waals surface area contributed by atoms with Crippen molar-refractivity contribution in [3.63, 3.8) is 0 Å². The Labute approximate surface area is 102 Å². The van der Waals surface area contributed by atoms with Crippen LogP contribution in [0.25, 0.3) is 0 Å². The van der Waals surface area contributed by atoms with Crippen molar-refractivity contribution < 1.29 is 9.50 Å². The zero-order valence-corrected chi connectivity index (χ0v) is 10.3. The molecule has 1 aromatic carbocycles. The molecule has 1 fully saturated rings. The third-order valence-corrected chi connectivity index (χ3v) is 3.55. The summed E-state index contributed by atoms with van der Waals surface area (Å²) in [5.74, 6) is -0.210. The SMILES string of the molecule is CC(O)N(Cc1ccc(F)cc1)C1CCCC1. The Hall–Kier alpha value is -0.930. The van der Waals surface area contributed by atoms with E-state index < -0.39 is 6.23 Å². The number of aliphatic hydroxyl groups is 1. The molecule has 0 heterocycles. The molecule has 2 rings (SSSR count). The lowest BCUT2D eigenvalue weighted by Crippen LogP contribution is -2.39. The number of aliphatic hydroxyl groups excluding tert-OH is 1. The fraction of sp³-hybridized carbons (Fsp3) is 0.571. The van der Waals surface area contributed by atoms with E-state index in [2.05, 4.69) is 4.90 Å². The Morgan fingerprint density at radius 2 is 1.88 bits per heavy atom. The first-order valence-electron chi connectivity index (χ1n) is 6.35. The van der Waals surface area contributed by atoms with Crippen LogP contribution in [0, 0.1) is 5.82 Å². The van der Waals surface area contributed by atoms with E-state index in [1.165, 1.54) is 25.0 Å². The van der Waals surface area contributed by atoms with Crippen LogP contribution >= 0.6 is 0 Å². The third-order valence-electron chi connectivity index (χ3n) is 3.55. The third kappa shape index (κ3) is 3.27. The number of halogens is 1. The van der Waals surface area contributed by atoms with Crippen molar-refractivity contribution in [1.82, 2.24) is 4.90 Å². The molecule has 0 spiro atoms. The molecule has 0 bridgehead atoms. The normalized spacial score (nSPS) is 18.8. The monoisotopic (exact) mass is 237 g/mol. The van der Waals surface area contributed by atoms with Crippen LogP contribution in [0.1, 0.15) is 38.2 Å². The second-order valence-corrected chi connectivity index (χ2v) is 4.87. The zero-order chi connectivity index (χ0) is 12.3. The van der Waals surface area contributed by atoms with Gasteiger partial charge in [0.25, 0.3) is 0 Å². The molecular weight excluding hydrogens is 217 g/mol. The average Bonchev–Trinajstić information content (AvgIpc) is 2.81. The maximum Gasteiger partial charge on any atom is 0.123 e. The van der Waals surface area contributed by atoms with Crippen LogP contribution in [0.4, 0.5) is 4.39 Å².